The van der Waals surface area contributed by atoms with Crippen LogP contribution >= 0.6 is 0 Å². The topological polar surface area (TPSA) is 101 Å². The molecule has 8 heteroatoms. The summed E-state index contributed by atoms with van der Waals surface area (Å²) in [6, 6.07) is 4.34. The van der Waals surface area contributed by atoms with E-state index in [9.17, 15) is 18.0 Å². The summed E-state index contributed by atoms with van der Waals surface area (Å²) in [7, 11) is -3.86. The Kier molecular flexibility index (Phi) is 6.40. The third-order valence-corrected chi connectivity index (χ3v) is 6.84. The molecule has 0 bridgehead atoms. The average molecular weight is 408 g/mol. The molecule has 0 unspecified atom stereocenters. The number of hydrogen-bond acceptors (Lipinski definition) is 4. The quantitative estimate of drug-likeness (QED) is 0.805. The number of benzene rings is 1. The summed E-state index contributed by atoms with van der Waals surface area (Å²) in [6.45, 7) is 3.70. The van der Waals surface area contributed by atoms with E-state index in [0.717, 1.165) is 6.42 Å². The van der Waals surface area contributed by atoms with Crippen molar-refractivity contribution in [2.45, 2.75) is 50.3 Å². The number of aryl methyl sites for hydroxylation is 1. The van der Waals surface area contributed by atoms with Crippen LogP contribution in [0.25, 0.3) is 0 Å². The molecule has 154 valence electrons. The van der Waals surface area contributed by atoms with Crippen LogP contribution in [0.15, 0.2) is 23.1 Å². The fourth-order valence-corrected chi connectivity index (χ4v) is 4.66. The van der Waals surface area contributed by atoms with Crippen LogP contribution in [-0.2, 0) is 14.8 Å². The van der Waals surface area contributed by atoms with Gasteiger partial charge in [-0.1, -0.05) is 31.7 Å². The molecule has 2 aliphatic rings. The van der Waals surface area contributed by atoms with E-state index in [1.54, 1.807) is 17.9 Å². The van der Waals surface area contributed by atoms with Gasteiger partial charge >= 0.3 is 0 Å². The van der Waals surface area contributed by atoms with Gasteiger partial charge in [-0.3, -0.25) is 9.59 Å². The van der Waals surface area contributed by atoms with E-state index < -0.39 is 10.0 Å². The van der Waals surface area contributed by atoms with Crippen LogP contribution in [0.2, 0.25) is 0 Å². The minimum absolute atomic E-state index is 0.0674. The molecule has 3 rings (SSSR count). The van der Waals surface area contributed by atoms with Gasteiger partial charge in [-0.25, -0.2) is 13.6 Å². The molecule has 1 aromatic rings. The molecular weight excluding hydrogens is 378 g/mol. The number of rotatable bonds is 5. The summed E-state index contributed by atoms with van der Waals surface area (Å²) < 4.78 is 23.2. The maximum atomic E-state index is 12.9. The third-order valence-electron chi connectivity index (χ3n) is 5.93. The predicted molar refractivity (Wildman–Crippen MR) is 106 cm³/mol. The lowest BCUT2D eigenvalue weighted by Crippen LogP contribution is -2.50. The molecule has 28 heavy (non-hydrogen) atoms. The summed E-state index contributed by atoms with van der Waals surface area (Å²) in [5.41, 5.74) is 1.04. The molecular formula is C20H29N3O4S. The number of carbonyl (C=O) groups is 2. The van der Waals surface area contributed by atoms with Gasteiger partial charge in [-0.05, 0) is 37.0 Å². The summed E-state index contributed by atoms with van der Waals surface area (Å²) >= 11 is 0. The maximum absolute atomic E-state index is 12.9. The van der Waals surface area contributed by atoms with Crippen LogP contribution in [0.3, 0.4) is 0 Å². The van der Waals surface area contributed by atoms with Gasteiger partial charge in [0.15, 0.2) is 0 Å². The molecule has 7 nitrogen and oxygen atoms in total. The molecule has 0 aromatic heterocycles. The van der Waals surface area contributed by atoms with Gasteiger partial charge in [0.05, 0.1) is 4.90 Å². The Labute approximate surface area is 166 Å². The molecule has 0 radical (unpaired) electrons. The highest BCUT2D eigenvalue weighted by atomic mass is 32.2. The minimum Gasteiger partial charge on any atom is -0.339 e. The molecule has 1 aliphatic heterocycles. The highest BCUT2D eigenvalue weighted by molar-refractivity contribution is 7.89. The zero-order valence-corrected chi connectivity index (χ0v) is 17.2. The van der Waals surface area contributed by atoms with Crippen LogP contribution in [0.5, 0.6) is 0 Å². The smallest absolute Gasteiger partial charge is 0.254 e. The zero-order valence-electron chi connectivity index (χ0n) is 16.4. The van der Waals surface area contributed by atoms with Gasteiger partial charge in [0.25, 0.3) is 5.91 Å². The number of nitrogens with two attached hydrogens (primary N) is 1. The first-order valence-electron chi connectivity index (χ1n) is 9.96. The molecule has 1 aromatic carbocycles. The summed E-state index contributed by atoms with van der Waals surface area (Å²) in [5.74, 6) is 0.647. The Morgan fingerprint density at radius 3 is 2.29 bits per heavy atom. The second kappa shape index (κ2) is 8.61. The SMILES string of the molecule is Cc1ccc(S(N)(=O)=O)cc1C(=O)N1CCN(C(=O)CCC2CCCC2)CC1. The zero-order chi connectivity index (χ0) is 20.3. The Morgan fingerprint density at radius 1 is 1.07 bits per heavy atom. The lowest BCUT2D eigenvalue weighted by molar-refractivity contribution is -0.133. The third kappa shape index (κ3) is 4.91. The van der Waals surface area contributed by atoms with E-state index in [1.165, 1.54) is 37.8 Å². The Morgan fingerprint density at radius 2 is 1.68 bits per heavy atom. The van der Waals surface area contributed by atoms with Crippen LogP contribution < -0.4 is 5.14 Å². The summed E-state index contributed by atoms with van der Waals surface area (Å²) in [4.78, 5) is 28.8. The fraction of sp³-hybridized carbons (Fsp3) is 0.600. The number of nitrogens with zero attached hydrogens (tertiary/aromatic N) is 2. The minimum atomic E-state index is -3.86. The summed E-state index contributed by atoms with van der Waals surface area (Å²) in [6.07, 6.45) is 6.61. The lowest BCUT2D eigenvalue weighted by atomic mass is 10.0. The molecule has 0 spiro atoms. The van der Waals surface area contributed by atoms with Crippen molar-refractivity contribution < 1.29 is 18.0 Å². The van der Waals surface area contributed by atoms with E-state index in [4.69, 9.17) is 5.14 Å². The number of piperazine rings is 1. The number of carbonyl (C=O) groups excluding carboxylic acids is 2. The standard InChI is InChI=1S/C20H29N3O4S/c1-15-6-8-17(28(21,26)27)14-18(15)20(25)23-12-10-22(11-13-23)19(24)9-7-16-4-2-3-5-16/h6,8,14,16H,2-5,7,9-13H2,1H3,(H2,21,26,27). The molecule has 0 atom stereocenters. The van der Waals surface area contributed by atoms with Gasteiger partial charge in [0, 0.05) is 38.2 Å². The predicted octanol–water partition coefficient (Wildman–Crippen LogP) is 1.90. The first kappa shape index (κ1) is 20.8. The van der Waals surface area contributed by atoms with Crippen molar-refractivity contribution in [3.8, 4) is 0 Å². The van der Waals surface area contributed by atoms with Crippen molar-refractivity contribution in [3.63, 3.8) is 0 Å². The van der Waals surface area contributed by atoms with E-state index >= 15 is 0 Å². The molecule has 2 amide bonds. The second-order valence-electron chi connectivity index (χ2n) is 7.88. The molecule has 1 saturated carbocycles. The average Bonchev–Trinajstić information content (AvgIpc) is 3.19. The number of sulfonamides is 1. The Bertz CT molecular complexity index is 839. The molecule has 2 fully saturated rings. The van der Waals surface area contributed by atoms with E-state index in [1.807, 2.05) is 4.90 Å². The van der Waals surface area contributed by atoms with Gasteiger partial charge in [-0.2, -0.15) is 0 Å². The van der Waals surface area contributed by atoms with E-state index in [0.29, 0.717) is 49.6 Å². The molecule has 1 heterocycles. The summed E-state index contributed by atoms with van der Waals surface area (Å²) in [5, 5.41) is 5.18. The van der Waals surface area contributed by atoms with Crippen LogP contribution in [-0.4, -0.2) is 56.2 Å². The monoisotopic (exact) mass is 407 g/mol. The Hall–Kier alpha value is -1.93. The largest absolute Gasteiger partial charge is 0.339 e. The van der Waals surface area contributed by atoms with Crippen molar-refractivity contribution in [3.05, 3.63) is 29.3 Å². The fourth-order valence-electron chi connectivity index (χ4n) is 4.12. The van der Waals surface area contributed by atoms with Crippen LogP contribution in [0.1, 0.15) is 54.4 Å². The normalized spacial score (nSPS) is 18.5. The van der Waals surface area contributed by atoms with E-state index in [2.05, 4.69) is 0 Å². The first-order valence-corrected chi connectivity index (χ1v) is 11.5. The molecule has 1 aliphatic carbocycles. The van der Waals surface area contributed by atoms with Gasteiger partial charge in [0.2, 0.25) is 15.9 Å². The number of amides is 2. The second-order valence-corrected chi connectivity index (χ2v) is 9.45. The first-order chi connectivity index (χ1) is 13.3. The van der Waals surface area contributed by atoms with Crippen molar-refractivity contribution >= 4 is 21.8 Å². The van der Waals surface area contributed by atoms with Crippen molar-refractivity contribution in [1.82, 2.24) is 9.80 Å². The maximum Gasteiger partial charge on any atom is 0.254 e. The van der Waals surface area contributed by atoms with Crippen LogP contribution in [0, 0.1) is 12.8 Å². The lowest BCUT2D eigenvalue weighted by Gasteiger charge is -2.35. The Balaban J connectivity index is 1.57. The molecule has 2 N–H and O–H groups in total. The van der Waals surface area contributed by atoms with Crippen LogP contribution in [0.4, 0.5) is 0 Å². The highest BCUT2D eigenvalue weighted by Crippen LogP contribution is 2.28. The van der Waals surface area contributed by atoms with Gasteiger partial charge in [0.1, 0.15) is 0 Å². The van der Waals surface area contributed by atoms with Gasteiger partial charge < -0.3 is 9.80 Å². The number of primary sulfonamides is 1. The molecule has 1 saturated heterocycles. The van der Waals surface area contributed by atoms with E-state index in [-0.39, 0.29) is 16.7 Å². The number of hydrogen-bond donors (Lipinski definition) is 1. The van der Waals surface area contributed by atoms with Crippen molar-refractivity contribution in [2.75, 3.05) is 26.2 Å². The van der Waals surface area contributed by atoms with Gasteiger partial charge in [-0.15, -0.1) is 0 Å². The highest BCUT2D eigenvalue weighted by Gasteiger charge is 2.27. The van der Waals surface area contributed by atoms with Crippen molar-refractivity contribution in [1.29, 1.82) is 0 Å². The van der Waals surface area contributed by atoms with Crippen molar-refractivity contribution in [2.24, 2.45) is 11.1 Å².